The fourth-order valence-electron chi connectivity index (χ4n) is 2.41. The maximum absolute atomic E-state index is 12.2. The summed E-state index contributed by atoms with van der Waals surface area (Å²) < 4.78 is 27.2. The predicted molar refractivity (Wildman–Crippen MR) is 78.7 cm³/mol. The number of rotatable bonds is 5. The van der Waals surface area contributed by atoms with Gasteiger partial charge in [0.05, 0.1) is 10.8 Å². The summed E-state index contributed by atoms with van der Waals surface area (Å²) in [4.78, 5) is 11.6. The van der Waals surface area contributed by atoms with Crippen LogP contribution in [0.25, 0.3) is 0 Å². The van der Waals surface area contributed by atoms with Crippen LogP contribution in [-0.2, 0) is 10.0 Å². The van der Waals surface area contributed by atoms with Crippen molar-refractivity contribution in [2.45, 2.75) is 43.0 Å². The third-order valence-electron chi connectivity index (χ3n) is 3.53. The molecule has 1 N–H and O–H groups in total. The van der Waals surface area contributed by atoms with Gasteiger partial charge in [0.25, 0.3) is 0 Å². The first-order valence-electron chi connectivity index (χ1n) is 6.74. The second-order valence-corrected chi connectivity index (χ2v) is 7.02. The van der Waals surface area contributed by atoms with Gasteiger partial charge in [0.2, 0.25) is 10.0 Å². The predicted octanol–water partition coefficient (Wildman–Crippen LogP) is 2.72. The van der Waals surface area contributed by atoms with Gasteiger partial charge in [-0.15, -0.1) is 11.6 Å². The quantitative estimate of drug-likeness (QED) is 0.671. The molecule has 1 aliphatic carbocycles. The van der Waals surface area contributed by atoms with Gasteiger partial charge in [-0.1, -0.05) is 31.4 Å². The Hall–Kier alpha value is -0.910. The molecular weight excluding hydrogens is 298 g/mol. The molecule has 0 aromatic heterocycles. The first kappa shape index (κ1) is 15.5. The van der Waals surface area contributed by atoms with E-state index in [1.165, 1.54) is 30.7 Å². The maximum atomic E-state index is 12.2. The highest BCUT2D eigenvalue weighted by molar-refractivity contribution is 7.89. The van der Waals surface area contributed by atoms with Crippen molar-refractivity contribution in [3.05, 3.63) is 29.8 Å². The summed E-state index contributed by atoms with van der Waals surface area (Å²) in [5.41, 5.74) is 0.427. The molecule has 1 aromatic rings. The molecule has 0 spiro atoms. The smallest absolute Gasteiger partial charge is 0.240 e. The Morgan fingerprint density at radius 2 is 1.75 bits per heavy atom. The van der Waals surface area contributed by atoms with E-state index in [0.717, 1.165) is 25.7 Å². The number of Topliss-reactive ketones (excluding diaryl/α,β-unsaturated/α-hetero) is 1. The number of hydrogen-bond donors (Lipinski definition) is 1. The fraction of sp³-hybridized carbons (Fsp3) is 0.500. The van der Waals surface area contributed by atoms with Gasteiger partial charge in [0.15, 0.2) is 5.78 Å². The van der Waals surface area contributed by atoms with E-state index in [4.69, 9.17) is 11.6 Å². The first-order valence-corrected chi connectivity index (χ1v) is 8.76. The van der Waals surface area contributed by atoms with Crippen LogP contribution in [0.3, 0.4) is 0 Å². The number of hydrogen-bond acceptors (Lipinski definition) is 3. The van der Waals surface area contributed by atoms with Crippen molar-refractivity contribution in [1.29, 1.82) is 0 Å². The third-order valence-corrected chi connectivity index (χ3v) is 5.31. The molecule has 0 unspecified atom stereocenters. The van der Waals surface area contributed by atoms with Gasteiger partial charge in [-0.2, -0.15) is 0 Å². The van der Waals surface area contributed by atoms with Crippen molar-refractivity contribution in [3.63, 3.8) is 0 Å². The molecule has 0 saturated heterocycles. The molecule has 0 atom stereocenters. The molecule has 1 aliphatic rings. The molecule has 1 fully saturated rings. The molecule has 4 nitrogen and oxygen atoms in total. The van der Waals surface area contributed by atoms with Crippen molar-refractivity contribution in [2.24, 2.45) is 0 Å². The number of sulfonamides is 1. The third kappa shape index (κ3) is 3.81. The Morgan fingerprint density at radius 1 is 1.15 bits per heavy atom. The average molecular weight is 316 g/mol. The zero-order valence-corrected chi connectivity index (χ0v) is 12.7. The van der Waals surface area contributed by atoms with Crippen LogP contribution in [0.15, 0.2) is 29.2 Å². The highest BCUT2D eigenvalue weighted by atomic mass is 35.5. The van der Waals surface area contributed by atoms with Gasteiger partial charge in [0, 0.05) is 11.6 Å². The lowest BCUT2D eigenvalue weighted by atomic mass is 9.96. The molecule has 1 saturated carbocycles. The van der Waals surface area contributed by atoms with Crippen molar-refractivity contribution in [1.82, 2.24) is 4.72 Å². The summed E-state index contributed by atoms with van der Waals surface area (Å²) in [5, 5.41) is 0. The van der Waals surface area contributed by atoms with Gasteiger partial charge in [-0.25, -0.2) is 13.1 Å². The van der Waals surface area contributed by atoms with E-state index in [1.54, 1.807) is 0 Å². The lowest BCUT2D eigenvalue weighted by molar-refractivity contribution is 0.102. The lowest BCUT2D eigenvalue weighted by Gasteiger charge is -2.22. The van der Waals surface area contributed by atoms with E-state index >= 15 is 0 Å². The molecule has 0 aliphatic heterocycles. The molecule has 110 valence electrons. The van der Waals surface area contributed by atoms with Crippen LogP contribution in [0.4, 0.5) is 0 Å². The van der Waals surface area contributed by atoms with E-state index < -0.39 is 10.0 Å². The van der Waals surface area contributed by atoms with E-state index in [0.29, 0.717) is 5.56 Å². The highest BCUT2D eigenvalue weighted by Crippen LogP contribution is 2.20. The minimum Gasteiger partial charge on any atom is -0.293 e. The van der Waals surface area contributed by atoms with Gasteiger partial charge < -0.3 is 0 Å². The number of carbonyl (C=O) groups excluding carboxylic acids is 1. The molecule has 6 heteroatoms. The monoisotopic (exact) mass is 315 g/mol. The topological polar surface area (TPSA) is 63.2 Å². The van der Waals surface area contributed by atoms with Crippen LogP contribution >= 0.6 is 11.6 Å². The largest absolute Gasteiger partial charge is 0.293 e. The zero-order chi connectivity index (χ0) is 14.6. The Labute approximate surface area is 124 Å². The Morgan fingerprint density at radius 3 is 2.30 bits per heavy atom. The second kappa shape index (κ2) is 6.70. The molecule has 0 bridgehead atoms. The Kier molecular flexibility index (Phi) is 5.18. The van der Waals surface area contributed by atoms with Gasteiger partial charge >= 0.3 is 0 Å². The van der Waals surface area contributed by atoms with Gasteiger partial charge in [0.1, 0.15) is 0 Å². The minimum absolute atomic E-state index is 0.0258. The summed E-state index contributed by atoms with van der Waals surface area (Å²) in [5.74, 6) is -0.317. The molecule has 1 aromatic carbocycles. The lowest BCUT2D eigenvalue weighted by Crippen LogP contribution is -2.36. The van der Waals surface area contributed by atoms with Crippen LogP contribution < -0.4 is 4.72 Å². The maximum Gasteiger partial charge on any atom is 0.240 e. The minimum atomic E-state index is -3.50. The zero-order valence-electron chi connectivity index (χ0n) is 11.1. The van der Waals surface area contributed by atoms with Gasteiger partial charge in [-0.05, 0) is 25.0 Å². The average Bonchev–Trinajstić information content (AvgIpc) is 2.47. The summed E-state index contributed by atoms with van der Waals surface area (Å²) in [6.07, 6.45) is 5.09. The fourth-order valence-corrected chi connectivity index (χ4v) is 3.86. The molecule has 20 heavy (non-hydrogen) atoms. The normalized spacial score (nSPS) is 17.1. The molecule has 0 heterocycles. The molecule has 0 amide bonds. The first-order chi connectivity index (χ1) is 9.53. The summed E-state index contributed by atoms with van der Waals surface area (Å²) >= 11 is 5.46. The number of ketones is 1. The molecular formula is C14H18ClNO3S. The summed E-state index contributed by atoms with van der Waals surface area (Å²) in [6, 6.07) is 5.92. The van der Waals surface area contributed by atoms with E-state index in [1.807, 2.05) is 0 Å². The number of carbonyl (C=O) groups is 1. The number of halogens is 1. The standard InChI is InChI=1S/C14H18ClNO3S/c15-10-14(17)11-6-8-13(9-7-11)20(18,19)16-12-4-2-1-3-5-12/h6-9,12,16H,1-5,10H2. The van der Waals surface area contributed by atoms with Crippen LogP contribution in [-0.4, -0.2) is 26.1 Å². The second-order valence-electron chi connectivity index (χ2n) is 5.04. The Balaban J connectivity index is 2.10. The highest BCUT2D eigenvalue weighted by Gasteiger charge is 2.21. The number of nitrogens with one attached hydrogen (secondary N) is 1. The summed E-state index contributed by atoms with van der Waals surface area (Å²) in [6.45, 7) is 0. The van der Waals surface area contributed by atoms with Gasteiger partial charge in [-0.3, -0.25) is 4.79 Å². The van der Waals surface area contributed by atoms with Crippen molar-refractivity contribution in [3.8, 4) is 0 Å². The van der Waals surface area contributed by atoms with Crippen molar-refractivity contribution >= 4 is 27.4 Å². The summed E-state index contributed by atoms with van der Waals surface area (Å²) in [7, 11) is -3.50. The molecule has 0 radical (unpaired) electrons. The Bertz CT molecular complexity index is 563. The SMILES string of the molecule is O=C(CCl)c1ccc(S(=O)(=O)NC2CCCCC2)cc1. The van der Waals surface area contributed by atoms with Crippen molar-refractivity contribution in [2.75, 3.05) is 5.88 Å². The van der Waals surface area contributed by atoms with E-state index in [2.05, 4.69) is 4.72 Å². The van der Waals surface area contributed by atoms with Crippen LogP contribution in [0.5, 0.6) is 0 Å². The van der Waals surface area contributed by atoms with E-state index in [9.17, 15) is 13.2 Å². The van der Waals surface area contributed by atoms with E-state index in [-0.39, 0.29) is 22.6 Å². The van der Waals surface area contributed by atoms with Crippen LogP contribution in [0, 0.1) is 0 Å². The van der Waals surface area contributed by atoms with Crippen LogP contribution in [0.2, 0.25) is 0 Å². The van der Waals surface area contributed by atoms with Crippen molar-refractivity contribution < 1.29 is 13.2 Å². The number of benzene rings is 1. The van der Waals surface area contributed by atoms with Crippen LogP contribution in [0.1, 0.15) is 42.5 Å². The molecule has 2 rings (SSSR count). The number of alkyl halides is 1.